The Morgan fingerprint density at radius 3 is 2.50 bits per heavy atom. The van der Waals surface area contributed by atoms with Gasteiger partial charge < -0.3 is 11.1 Å². The lowest BCUT2D eigenvalue weighted by atomic mass is 9.84. The molecular weight excluding hydrogens is 220 g/mol. The average molecular weight is 244 g/mol. The van der Waals surface area contributed by atoms with Gasteiger partial charge >= 0.3 is 0 Å². The minimum atomic E-state index is -0.348. The highest BCUT2D eigenvalue weighted by molar-refractivity contribution is 8.00. The number of rotatable bonds is 6. The van der Waals surface area contributed by atoms with Gasteiger partial charge in [0, 0.05) is 11.3 Å². The smallest absolute Gasteiger partial charge is 0.236 e. The van der Waals surface area contributed by atoms with E-state index in [2.05, 4.69) is 25.4 Å². The molecule has 0 radical (unpaired) electrons. The molecule has 1 unspecified atom stereocenters. The van der Waals surface area contributed by atoms with Crippen molar-refractivity contribution in [2.75, 3.05) is 12.8 Å². The fourth-order valence-corrected chi connectivity index (χ4v) is 2.93. The molecule has 0 bridgehead atoms. The molecule has 1 fully saturated rings. The fraction of sp³-hybridized carbons (Fsp3) is 0.917. The predicted octanol–water partition coefficient (Wildman–Crippen LogP) is 1.76. The average Bonchev–Trinajstić information content (AvgIpc) is 2.15. The summed E-state index contributed by atoms with van der Waals surface area (Å²) in [4.78, 5) is 11.7. The van der Waals surface area contributed by atoms with Crippen molar-refractivity contribution >= 4 is 17.7 Å². The van der Waals surface area contributed by atoms with E-state index in [-0.39, 0.29) is 11.9 Å². The van der Waals surface area contributed by atoms with Gasteiger partial charge in [-0.25, -0.2) is 0 Å². The second kappa shape index (κ2) is 5.92. The van der Waals surface area contributed by atoms with Crippen LogP contribution in [-0.4, -0.2) is 29.5 Å². The highest BCUT2D eigenvalue weighted by Gasteiger charge is 2.36. The monoisotopic (exact) mass is 244 g/mol. The molecule has 94 valence electrons. The van der Waals surface area contributed by atoms with Gasteiger partial charge in [0.2, 0.25) is 5.91 Å². The first-order valence-electron chi connectivity index (χ1n) is 6.07. The first-order valence-corrected chi connectivity index (χ1v) is 7.30. The van der Waals surface area contributed by atoms with Gasteiger partial charge in [0.25, 0.3) is 0 Å². The Bertz CT molecular complexity index is 234. The zero-order valence-electron chi connectivity index (χ0n) is 10.6. The number of carbonyl (C=O) groups excluding carboxylic acids is 1. The highest BCUT2D eigenvalue weighted by Crippen LogP contribution is 2.42. The van der Waals surface area contributed by atoms with Crippen LogP contribution in [0.2, 0.25) is 0 Å². The molecule has 0 aromatic heterocycles. The molecule has 1 aliphatic rings. The second-order valence-corrected chi connectivity index (χ2v) is 6.47. The summed E-state index contributed by atoms with van der Waals surface area (Å²) in [6.07, 6.45) is 6.61. The van der Waals surface area contributed by atoms with Crippen molar-refractivity contribution in [3.8, 4) is 0 Å². The Morgan fingerprint density at radius 2 is 2.12 bits per heavy atom. The van der Waals surface area contributed by atoms with E-state index >= 15 is 0 Å². The number of carbonyl (C=O) groups is 1. The van der Waals surface area contributed by atoms with E-state index < -0.39 is 0 Å². The Labute approximate surface area is 103 Å². The van der Waals surface area contributed by atoms with Crippen molar-refractivity contribution in [2.24, 2.45) is 11.7 Å². The lowest BCUT2D eigenvalue weighted by Gasteiger charge is -2.40. The first-order chi connectivity index (χ1) is 7.49. The van der Waals surface area contributed by atoms with Gasteiger partial charge in [0.05, 0.1) is 6.04 Å². The molecule has 1 saturated carbocycles. The Hall–Kier alpha value is -0.220. The summed E-state index contributed by atoms with van der Waals surface area (Å²) in [5, 5.41) is 3.00. The number of amides is 1. The van der Waals surface area contributed by atoms with Crippen LogP contribution < -0.4 is 11.1 Å². The third-order valence-corrected chi connectivity index (χ3v) is 4.76. The van der Waals surface area contributed by atoms with Crippen LogP contribution in [0.4, 0.5) is 0 Å². The molecular formula is C12H24N2OS. The summed E-state index contributed by atoms with van der Waals surface area (Å²) in [6, 6.07) is -0.348. The molecule has 0 heterocycles. The number of hydrogen-bond acceptors (Lipinski definition) is 3. The largest absolute Gasteiger partial charge is 0.353 e. The van der Waals surface area contributed by atoms with Gasteiger partial charge in [-0.05, 0) is 31.4 Å². The maximum absolute atomic E-state index is 11.7. The van der Waals surface area contributed by atoms with Gasteiger partial charge in [-0.3, -0.25) is 4.79 Å². The molecule has 4 heteroatoms. The maximum Gasteiger partial charge on any atom is 0.236 e. The zero-order valence-corrected chi connectivity index (χ0v) is 11.4. The predicted molar refractivity (Wildman–Crippen MR) is 70.5 cm³/mol. The van der Waals surface area contributed by atoms with E-state index in [0.29, 0.717) is 10.7 Å². The molecule has 16 heavy (non-hydrogen) atoms. The van der Waals surface area contributed by atoms with Crippen molar-refractivity contribution in [1.29, 1.82) is 0 Å². The molecule has 1 aliphatic carbocycles. The quantitative estimate of drug-likeness (QED) is 0.748. The first kappa shape index (κ1) is 13.8. The van der Waals surface area contributed by atoms with E-state index in [0.717, 1.165) is 13.0 Å². The lowest BCUT2D eigenvalue weighted by molar-refractivity contribution is -0.122. The van der Waals surface area contributed by atoms with Gasteiger partial charge in [-0.2, -0.15) is 11.8 Å². The Kier molecular flexibility index (Phi) is 5.12. The van der Waals surface area contributed by atoms with Gasteiger partial charge in [0.1, 0.15) is 0 Å². The van der Waals surface area contributed by atoms with Crippen molar-refractivity contribution < 1.29 is 4.79 Å². The number of nitrogens with two attached hydrogens (primary N) is 1. The molecule has 0 saturated heterocycles. The maximum atomic E-state index is 11.7. The second-order valence-electron chi connectivity index (χ2n) is 5.19. The van der Waals surface area contributed by atoms with Gasteiger partial charge in [-0.15, -0.1) is 0 Å². The molecule has 1 amide bonds. The van der Waals surface area contributed by atoms with E-state index in [1.54, 1.807) is 0 Å². The van der Waals surface area contributed by atoms with Crippen LogP contribution in [0.15, 0.2) is 0 Å². The minimum Gasteiger partial charge on any atom is -0.353 e. The topological polar surface area (TPSA) is 55.1 Å². The van der Waals surface area contributed by atoms with Crippen molar-refractivity contribution in [1.82, 2.24) is 5.32 Å². The minimum absolute atomic E-state index is 0.00836. The van der Waals surface area contributed by atoms with Gasteiger partial charge in [-0.1, -0.05) is 20.3 Å². The van der Waals surface area contributed by atoms with Crippen molar-refractivity contribution in [3.05, 3.63) is 0 Å². The zero-order chi connectivity index (χ0) is 12.2. The number of hydrogen-bond donors (Lipinski definition) is 2. The number of thioether (sulfide) groups is 1. The van der Waals surface area contributed by atoms with E-state index in [9.17, 15) is 4.79 Å². The summed E-state index contributed by atoms with van der Waals surface area (Å²) in [7, 11) is 0. The van der Waals surface area contributed by atoms with Crippen LogP contribution in [0, 0.1) is 5.92 Å². The van der Waals surface area contributed by atoms with Crippen LogP contribution in [0.1, 0.15) is 39.5 Å². The molecule has 0 spiro atoms. The van der Waals surface area contributed by atoms with Crippen LogP contribution >= 0.6 is 11.8 Å². The normalized spacial score (nSPS) is 20.3. The number of nitrogens with one attached hydrogen (secondary N) is 1. The standard InChI is InChI=1S/C12H24N2OS/c1-9(2)7-10(13)11(15)14-8-12(16-3)5-4-6-12/h9-10H,4-8,13H2,1-3H3,(H,14,15). The SMILES string of the molecule is CSC1(CNC(=O)C(N)CC(C)C)CCC1. The summed E-state index contributed by atoms with van der Waals surface area (Å²) in [5.41, 5.74) is 5.83. The van der Waals surface area contributed by atoms with Crippen LogP contribution in [-0.2, 0) is 4.79 Å². The molecule has 0 aromatic rings. The molecule has 0 aliphatic heterocycles. The van der Waals surface area contributed by atoms with Crippen molar-refractivity contribution in [2.45, 2.75) is 50.3 Å². The summed E-state index contributed by atoms with van der Waals surface area (Å²) in [6.45, 7) is 4.95. The summed E-state index contributed by atoms with van der Waals surface area (Å²) < 4.78 is 0.299. The third kappa shape index (κ3) is 3.67. The van der Waals surface area contributed by atoms with Crippen LogP contribution in [0.5, 0.6) is 0 Å². The third-order valence-electron chi connectivity index (χ3n) is 3.34. The van der Waals surface area contributed by atoms with E-state index in [4.69, 9.17) is 5.73 Å². The van der Waals surface area contributed by atoms with Crippen molar-refractivity contribution in [3.63, 3.8) is 0 Å². The Balaban J connectivity index is 2.28. The summed E-state index contributed by atoms with van der Waals surface area (Å²) in [5.74, 6) is 0.480. The molecule has 0 aromatic carbocycles. The molecule has 3 N–H and O–H groups in total. The lowest BCUT2D eigenvalue weighted by Crippen LogP contribution is -2.49. The van der Waals surface area contributed by atoms with Crippen LogP contribution in [0.3, 0.4) is 0 Å². The molecule has 1 atom stereocenters. The Morgan fingerprint density at radius 1 is 1.50 bits per heavy atom. The fourth-order valence-electron chi connectivity index (χ4n) is 2.02. The highest BCUT2D eigenvalue weighted by atomic mass is 32.2. The molecule has 1 rings (SSSR count). The van der Waals surface area contributed by atoms with Crippen LogP contribution in [0.25, 0.3) is 0 Å². The molecule has 3 nitrogen and oxygen atoms in total. The van der Waals surface area contributed by atoms with E-state index in [1.165, 1.54) is 19.3 Å². The van der Waals surface area contributed by atoms with E-state index in [1.807, 2.05) is 11.8 Å². The van der Waals surface area contributed by atoms with Gasteiger partial charge in [0.15, 0.2) is 0 Å². The summed E-state index contributed by atoms with van der Waals surface area (Å²) >= 11 is 1.87.